The summed E-state index contributed by atoms with van der Waals surface area (Å²) in [6, 6.07) is 6.81. The highest BCUT2D eigenvalue weighted by molar-refractivity contribution is 7.07. The van der Waals surface area contributed by atoms with E-state index in [1.165, 1.54) is 17.5 Å². The Morgan fingerprint density at radius 2 is 1.63 bits per heavy atom. The first kappa shape index (κ1) is 31.5. The van der Waals surface area contributed by atoms with Crippen molar-refractivity contribution >= 4 is 23.3 Å². The molecule has 2 N–H and O–H groups in total. The summed E-state index contributed by atoms with van der Waals surface area (Å²) in [6.45, 7) is 4.45. The molecule has 0 radical (unpaired) electrons. The highest BCUT2D eigenvalue weighted by atomic mass is 32.1. The van der Waals surface area contributed by atoms with Crippen LogP contribution in [0, 0.1) is 5.92 Å². The summed E-state index contributed by atoms with van der Waals surface area (Å²) in [6.07, 6.45) is -3.84. The number of hydrogen-bond acceptors (Lipinski definition) is 7. The molecule has 38 heavy (non-hydrogen) atoms. The van der Waals surface area contributed by atoms with Gasteiger partial charge < -0.3 is 19.7 Å². The van der Waals surface area contributed by atoms with Crippen molar-refractivity contribution < 1.29 is 55.6 Å². The summed E-state index contributed by atoms with van der Waals surface area (Å²) in [5, 5.41) is 18.7. The van der Waals surface area contributed by atoms with Crippen LogP contribution in [-0.2, 0) is 32.2 Å². The molecule has 0 spiro atoms. The number of halogens is 6. The Balaban J connectivity index is 0.000000301. The second kappa shape index (κ2) is 14.4. The third-order valence-corrected chi connectivity index (χ3v) is 6.30. The minimum Gasteiger partial charge on any atom is -0.475 e. The number of pyridine rings is 1. The normalized spacial score (nSPS) is 21.4. The summed E-state index contributed by atoms with van der Waals surface area (Å²) >= 11 is 1.78. The number of fused-ring (bicyclic) bond motifs is 1. The second-order valence-corrected chi connectivity index (χ2v) is 9.17. The van der Waals surface area contributed by atoms with Crippen molar-refractivity contribution in [3.63, 3.8) is 0 Å². The molecule has 8 nitrogen and oxygen atoms in total. The van der Waals surface area contributed by atoms with E-state index in [-0.39, 0.29) is 0 Å². The van der Waals surface area contributed by atoms with Crippen LogP contribution in [-0.4, -0.2) is 76.3 Å². The van der Waals surface area contributed by atoms with E-state index in [4.69, 9.17) is 29.3 Å². The average Bonchev–Trinajstić information content (AvgIpc) is 3.49. The molecule has 1 aliphatic heterocycles. The van der Waals surface area contributed by atoms with Gasteiger partial charge in [-0.3, -0.25) is 9.88 Å². The zero-order valence-corrected chi connectivity index (χ0v) is 20.6. The molecular weight excluding hydrogens is 546 g/mol. The lowest BCUT2D eigenvalue weighted by Crippen LogP contribution is -2.47. The Morgan fingerprint density at radius 3 is 2.16 bits per heavy atom. The van der Waals surface area contributed by atoms with Gasteiger partial charge in [-0.25, -0.2) is 9.59 Å². The molecule has 0 amide bonds. The molecule has 2 aliphatic rings. The summed E-state index contributed by atoms with van der Waals surface area (Å²) in [4.78, 5) is 24.4. The number of hydrogen-bond donors (Lipinski definition) is 2. The Morgan fingerprint density at radius 1 is 1.03 bits per heavy atom. The van der Waals surface area contributed by atoms with Gasteiger partial charge >= 0.3 is 24.3 Å². The average molecular weight is 573 g/mol. The maximum Gasteiger partial charge on any atom is 0.490 e. The fourth-order valence-corrected chi connectivity index (χ4v) is 4.56. The molecular formula is C23H26F6N2O6S. The van der Waals surface area contributed by atoms with Gasteiger partial charge in [0.05, 0.1) is 19.3 Å². The summed E-state index contributed by atoms with van der Waals surface area (Å²) in [7, 11) is 0. The molecule has 2 fully saturated rings. The number of ether oxygens (including phenoxy) is 2. The Labute approximate surface area is 217 Å². The van der Waals surface area contributed by atoms with Gasteiger partial charge in [0.2, 0.25) is 0 Å². The largest absolute Gasteiger partial charge is 0.490 e. The first-order chi connectivity index (χ1) is 17.8. The van der Waals surface area contributed by atoms with E-state index < -0.39 is 24.3 Å². The van der Waals surface area contributed by atoms with Crippen LogP contribution in [0.4, 0.5) is 26.3 Å². The Kier molecular flexibility index (Phi) is 11.9. The SMILES string of the molecule is O=C(O)C(F)(F)F.O=C(O)C(F)(F)F.c1cc(COCC2CC3OCCN(Cc4ccsc4)C3C2)ccn1. The van der Waals surface area contributed by atoms with E-state index in [0.29, 0.717) is 24.7 Å². The molecule has 15 heteroatoms. The number of rotatable bonds is 6. The number of carboxylic acid groups (broad SMARTS) is 2. The predicted molar refractivity (Wildman–Crippen MR) is 122 cm³/mol. The van der Waals surface area contributed by atoms with E-state index in [2.05, 4.69) is 26.7 Å². The van der Waals surface area contributed by atoms with Gasteiger partial charge in [-0.05, 0) is 58.8 Å². The topological polar surface area (TPSA) is 109 Å². The molecule has 0 aromatic carbocycles. The fraction of sp³-hybridized carbons (Fsp3) is 0.522. The van der Waals surface area contributed by atoms with Crippen LogP contribution in [0.25, 0.3) is 0 Å². The summed E-state index contributed by atoms with van der Waals surface area (Å²) < 4.78 is 75.5. The Hall–Kier alpha value is -2.75. The van der Waals surface area contributed by atoms with E-state index in [9.17, 15) is 26.3 Å². The van der Waals surface area contributed by atoms with Crippen molar-refractivity contribution in [1.29, 1.82) is 0 Å². The molecule has 0 bridgehead atoms. The highest BCUT2D eigenvalue weighted by Crippen LogP contribution is 2.35. The van der Waals surface area contributed by atoms with Crippen molar-refractivity contribution in [2.24, 2.45) is 5.92 Å². The zero-order chi connectivity index (χ0) is 28.3. The van der Waals surface area contributed by atoms with Crippen molar-refractivity contribution in [1.82, 2.24) is 9.88 Å². The van der Waals surface area contributed by atoms with Crippen LogP contribution >= 0.6 is 11.3 Å². The summed E-state index contributed by atoms with van der Waals surface area (Å²) in [5.41, 5.74) is 2.62. The number of morpholine rings is 1. The minimum absolute atomic E-state index is 0.381. The zero-order valence-electron chi connectivity index (χ0n) is 19.8. The van der Waals surface area contributed by atoms with Crippen molar-refractivity contribution in [2.75, 3.05) is 19.8 Å². The molecule has 1 aliphatic carbocycles. The minimum atomic E-state index is -5.08. The smallest absolute Gasteiger partial charge is 0.475 e. The lowest BCUT2D eigenvalue weighted by Gasteiger charge is -2.37. The number of alkyl halides is 6. The quantitative estimate of drug-likeness (QED) is 0.484. The lowest BCUT2D eigenvalue weighted by molar-refractivity contribution is -0.193. The Bertz CT molecular complexity index is 967. The van der Waals surface area contributed by atoms with Crippen molar-refractivity contribution in [3.05, 3.63) is 52.5 Å². The molecule has 2 aromatic rings. The third-order valence-electron chi connectivity index (χ3n) is 5.57. The predicted octanol–water partition coefficient (Wildman–Crippen LogP) is 4.61. The maximum atomic E-state index is 10.6. The number of thiophene rings is 1. The van der Waals surface area contributed by atoms with Gasteiger partial charge in [-0.1, -0.05) is 0 Å². The summed E-state index contributed by atoms with van der Waals surface area (Å²) in [5.74, 6) is -4.91. The van der Waals surface area contributed by atoms with Gasteiger partial charge in [0.25, 0.3) is 0 Å². The van der Waals surface area contributed by atoms with E-state index in [1.807, 2.05) is 24.5 Å². The molecule has 3 heterocycles. The number of nitrogens with zero attached hydrogens (tertiary/aromatic N) is 2. The van der Waals surface area contributed by atoms with Gasteiger partial charge in [0.1, 0.15) is 0 Å². The van der Waals surface area contributed by atoms with Crippen LogP contribution in [0.5, 0.6) is 0 Å². The molecule has 4 rings (SSSR count). The number of aliphatic carboxylic acids is 2. The van der Waals surface area contributed by atoms with Crippen LogP contribution < -0.4 is 0 Å². The standard InChI is InChI=1S/C19H24N2O2S.2C2HF3O2/c1-4-20-5-2-15(1)12-22-13-17-9-18-19(10-17)23-7-6-21(18)11-16-3-8-24-14-16;2*3-2(4,5)1(6)7/h1-5,8,14,17-19H,6-7,9-13H2;2*(H,6,7). The van der Waals surface area contributed by atoms with E-state index >= 15 is 0 Å². The third kappa shape index (κ3) is 10.9. The molecule has 3 atom stereocenters. The van der Waals surface area contributed by atoms with Crippen molar-refractivity contribution in [2.45, 2.75) is 50.5 Å². The molecule has 3 unspecified atom stereocenters. The van der Waals surface area contributed by atoms with Crippen LogP contribution in [0.1, 0.15) is 24.0 Å². The lowest BCUT2D eigenvalue weighted by atomic mass is 10.1. The number of carboxylic acids is 2. The number of carbonyl (C=O) groups is 2. The maximum absolute atomic E-state index is 10.6. The van der Waals surface area contributed by atoms with Gasteiger partial charge in [-0.2, -0.15) is 37.7 Å². The first-order valence-electron chi connectivity index (χ1n) is 11.2. The van der Waals surface area contributed by atoms with Crippen LogP contribution in [0.15, 0.2) is 41.4 Å². The van der Waals surface area contributed by atoms with E-state index in [1.54, 1.807) is 11.3 Å². The first-order valence-corrected chi connectivity index (χ1v) is 12.1. The van der Waals surface area contributed by atoms with Crippen LogP contribution in [0.2, 0.25) is 0 Å². The number of aromatic nitrogens is 1. The van der Waals surface area contributed by atoms with Gasteiger partial charge in [0.15, 0.2) is 0 Å². The molecule has 212 valence electrons. The second-order valence-electron chi connectivity index (χ2n) is 8.39. The fourth-order valence-electron chi connectivity index (χ4n) is 3.90. The monoisotopic (exact) mass is 572 g/mol. The van der Waals surface area contributed by atoms with Crippen molar-refractivity contribution in [3.8, 4) is 0 Å². The molecule has 1 saturated heterocycles. The van der Waals surface area contributed by atoms with E-state index in [0.717, 1.165) is 32.7 Å². The van der Waals surface area contributed by atoms with Gasteiger partial charge in [0, 0.05) is 38.1 Å². The highest BCUT2D eigenvalue weighted by Gasteiger charge is 2.41. The molecule has 2 aromatic heterocycles. The van der Waals surface area contributed by atoms with Gasteiger partial charge in [-0.15, -0.1) is 0 Å². The molecule has 1 saturated carbocycles. The van der Waals surface area contributed by atoms with Crippen LogP contribution in [0.3, 0.4) is 0 Å².